The molecule has 31 heavy (non-hydrogen) atoms. The molecule has 0 radical (unpaired) electrons. The number of hydrogen-bond acceptors (Lipinski definition) is 5. The van der Waals surface area contributed by atoms with Crippen LogP contribution in [0.3, 0.4) is 0 Å². The number of halogens is 3. The van der Waals surface area contributed by atoms with Gasteiger partial charge in [-0.2, -0.15) is 20.5 Å². The average molecular weight is 452 g/mol. The van der Waals surface area contributed by atoms with Gasteiger partial charge in [0.25, 0.3) is 5.91 Å². The van der Waals surface area contributed by atoms with E-state index in [1.165, 1.54) is 11.5 Å². The molecule has 2 saturated heterocycles. The number of aliphatic hydroxyl groups is 1. The topological polar surface area (TPSA) is 65.5 Å². The van der Waals surface area contributed by atoms with Gasteiger partial charge in [-0.15, -0.1) is 0 Å². The van der Waals surface area contributed by atoms with Gasteiger partial charge < -0.3 is 10.4 Å². The summed E-state index contributed by atoms with van der Waals surface area (Å²) in [6.45, 7) is 1.96. The number of nitrogens with zero attached hydrogens (tertiary/aromatic N) is 2. The number of amides is 1. The number of carbonyl (C=O) groups excluding carboxylic acids is 1. The number of alkyl halides is 3. The van der Waals surface area contributed by atoms with Gasteiger partial charge in [0.05, 0.1) is 11.7 Å². The van der Waals surface area contributed by atoms with Crippen LogP contribution in [0.1, 0.15) is 17.4 Å². The van der Waals surface area contributed by atoms with E-state index in [0.717, 1.165) is 36.5 Å². The van der Waals surface area contributed by atoms with Crippen molar-refractivity contribution in [3.8, 4) is 11.1 Å². The zero-order valence-electron chi connectivity index (χ0n) is 16.8. The lowest BCUT2D eigenvalue weighted by molar-refractivity contribution is -0.133. The van der Waals surface area contributed by atoms with Gasteiger partial charge in [0.15, 0.2) is 0 Å². The fourth-order valence-corrected chi connectivity index (χ4v) is 5.20. The van der Waals surface area contributed by atoms with Crippen molar-refractivity contribution >= 4 is 17.7 Å². The molecule has 2 fully saturated rings. The molecule has 166 valence electrons. The molecule has 2 aromatic rings. The molecular formula is C22H24F3N3O2S. The number of benzene rings is 1. The minimum absolute atomic E-state index is 0.325. The third kappa shape index (κ3) is 4.88. The molecule has 1 amide bonds. The highest BCUT2D eigenvalue weighted by Crippen LogP contribution is 2.45. The molecule has 4 rings (SSSR count). The SMILES string of the molecule is O=C(N[C@H](CF)[C@H](O)c1ccc(-c2ccc(CN3CC4(CSC4)C3)nc2)cc1)C(F)F. The Labute approximate surface area is 183 Å². The number of hydrogen-bond donors (Lipinski definition) is 2. The van der Waals surface area contributed by atoms with E-state index in [1.54, 1.807) is 30.5 Å². The summed E-state index contributed by atoms with van der Waals surface area (Å²) < 4.78 is 37.9. The van der Waals surface area contributed by atoms with Gasteiger partial charge in [0.1, 0.15) is 12.8 Å². The zero-order valence-corrected chi connectivity index (χ0v) is 17.6. The Bertz CT molecular complexity index is 899. The van der Waals surface area contributed by atoms with Gasteiger partial charge in [0, 0.05) is 48.3 Å². The van der Waals surface area contributed by atoms with Crippen molar-refractivity contribution in [3.63, 3.8) is 0 Å². The Hall–Kier alpha value is -2.10. The second kappa shape index (κ2) is 9.18. The third-order valence-electron chi connectivity index (χ3n) is 5.80. The van der Waals surface area contributed by atoms with Crippen molar-refractivity contribution < 1.29 is 23.1 Å². The highest BCUT2D eigenvalue weighted by molar-refractivity contribution is 8.00. The normalized spacial score (nSPS) is 19.5. The Kier molecular flexibility index (Phi) is 6.55. The van der Waals surface area contributed by atoms with Crippen molar-refractivity contribution in [2.24, 2.45) is 5.41 Å². The van der Waals surface area contributed by atoms with Crippen LogP contribution in [0.15, 0.2) is 42.6 Å². The average Bonchev–Trinajstić information content (AvgIpc) is 2.72. The van der Waals surface area contributed by atoms with Gasteiger partial charge >= 0.3 is 6.43 Å². The van der Waals surface area contributed by atoms with Gasteiger partial charge in [-0.3, -0.25) is 14.7 Å². The molecule has 3 heterocycles. The molecule has 2 aliphatic rings. The van der Waals surface area contributed by atoms with E-state index in [-0.39, 0.29) is 0 Å². The van der Waals surface area contributed by atoms with Crippen LogP contribution >= 0.6 is 11.8 Å². The first-order valence-electron chi connectivity index (χ1n) is 10.1. The summed E-state index contributed by atoms with van der Waals surface area (Å²) in [7, 11) is 0. The standard InChI is InChI=1S/C22H24F3N3O2S/c23-7-18(27-21(30)20(24)25)19(29)15-3-1-14(2-4-15)16-5-6-17(26-8-16)9-28-10-22(11-28)12-31-13-22/h1-6,8,18-20,29H,7,9-13H2,(H,27,30)/t18-,19-/m1/s1. The number of likely N-dealkylation sites (tertiary alicyclic amines) is 1. The van der Waals surface area contributed by atoms with E-state index in [1.807, 2.05) is 29.2 Å². The number of thioether (sulfide) groups is 1. The molecule has 2 N–H and O–H groups in total. The van der Waals surface area contributed by atoms with Crippen LogP contribution in [-0.2, 0) is 11.3 Å². The number of nitrogens with one attached hydrogen (secondary N) is 1. The molecule has 1 aromatic heterocycles. The Morgan fingerprint density at radius 2 is 1.84 bits per heavy atom. The molecule has 5 nitrogen and oxygen atoms in total. The molecule has 9 heteroatoms. The lowest BCUT2D eigenvalue weighted by atomic mass is 9.83. The van der Waals surface area contributed by atoms with Crippen molar-refractivity contribution in [3.05, 3.63) is 53.9 Å². The zero-order chi connectivity index (χ0) is 22.0. The minimum atomic E-state index is -3.27. The van der Waals surface area contributed by atoms with Crippen molar-refractivity contribution in [2.75, 3.05) is 31.3 Å². The first-order valence-corrected chi connectivity index (χ1v) is 11.2. The summed E-state index contributed by atoms with van der Waals surface area (Å²) in [5.74, 6) is 0.931. The highest BCUT2D eigenvalue weighted by atomic mass is 32.2. The third-order valence-corrected chi connectivity index (χ3v) is 7.44. The van der Waals surface area contributed by atoms with Gasteiger partial charge in [-0.1, -0.05) is 30.3 Å². The largest absolute Gasteiger partial charge is 0.386 e. The smallest absolute Gasteiger partial charge is 0.315 e. The van der Waals surface area contributed by atoms with E-state index in [9.17, 15) is 23.1 Å². The number of aliphatic hydroxyl groups excluding tert-OH is 1. The second-order valence-corrected chi connectivity index (χ2v) is 9.30. The van der Waals surface area contributed by atoms with Crippen LogP contribution in [0.2, 0.25) is 0 Å². The van der Waals surface area contributed by atoms with Crippen LogP contribution in [-0.4, -0.2) is 64.6 Å². The van der Waals surface area contributed by atoms with Gasteiger partial charge in [-0.05, 0) is 17.2 Å². The van der Waals surface area contributed by atoms with Crippen LogP contribution in [0.5, 0.6) is 0 Å². The Morgan fingerprint density at radius 3 is 2.35 bits per heavy atom. The number of pyridine rings is 1. The maximum atomic E-state index is 13.2. The lowest BCUT2D eigenvalue weighted by Crippen LogP contribution is -2.62. The molecule has 0 unspecified atom stereocenters. The van der Waals surface area contributed by atoms with Crippen molar-refractivity contribution in [1.29, 1.82) is 0 Å². The molecule has 1 spiro atoms. The van der Waals surface area contributed by atoms with E-state index >= 15 is 0 Å². The van der Waals surface area contributed by atoms with Crippen LogP contribution in [0.25, 0.3) is 11.1 Å². The predicted molar refractivity (Wildman–Crippen MR) is 114 cm³/mol. The Balaban J connectivity index is 1.35. The first kappa shape index (κ1) is 22.1. The van der Waals surface area contributed by atoms with E-state index < -0.39 is 31.2 Å². The highest BCUT2D eigenvalue weighted by Gasteiger charge is 2.47. The van der Waals surface area contributed by atoms with Crippen LogP contribution in [0, 0.1) is 5.41 Å². The maximum Gasteiger partial charge on any atom is 0.315 e. The molecule has 0 aliphatic carbocycles. The summed E-state index contributed by atoms with van der Waals surface area (Å²) >= 11 is 2.01. The predicted octanol–water partition coefficient (Wildman–Crippen LogP) is 3.05. The summed E-state index contributed by atoms with van der Waals surface area (Å²) in [5, 5.41) is 12.1. The minimum Gasteiger partial charge on any atom is -0.386 e. The second-order valence-electron chi connectivity index (χ2n) is 8.31. The van der Waals surface area contributed by atoms with E-state index in [2.05, 4.69) is 9.88 Å². The fraction of sp³-hybridized carbons (Fsp3) is 0.455. The van der Waals surface area contributed by atoms with Crippen molar-refractivity contribution in [1.82, 2.24) is 15.2 Å². The fourth-order valence-electron chi connectivity index (χ4n) is 4.06. The molecule has 2 atom stereocenters. The number of aromatic nitrogens is 1. The molecule has 0 bridgehead atoms. The molecule has 2 aliphatic heterocycles. The van der Waals surface area contributed by atoms with E-state index in [4.69, 9.17) is 0 Å². The van der Waals surface area contributed by atoms with Crippen LogP contribution < -0.4 is 5.32 Å². The first-order chi connectivity index (χ1) is 14.9. The molecule has 0 saturated carbocycles. The monoisotopic (exact) mass is 451 g/mol. The molecule has 1 aromatic carbocycles. The summed E-state index contributed by atoms with van der Waals surface area (Å²) in [6, 6.07) is 9.20. The van der Waals surface area contributed by atoms with Gasteiger partial charge in [-0.25, -0.2) is 4.39 Å². The summed E-state index contributed by atoms with van der Waals surface area (Å²) in [4.78, 5) is 18.1. The van der Waals surface area contributed by atoms with E-state index in [0.29, 0.717) is 11.0 Å². The lowest BCUT2D eigenvalue weighted by Gasteiger charge is -2.55. The van der Waals surface area contributed by atoms with Gasteiger partial charge in [0.2, 0.25) is 0 Å². The number of rotatable bonds is 8. The van der Waals surface area contributed by atoms with Crippen molar-refractivity contribution in [2.45, 2.75) is 25.1 Å². The summed E-state index contributed by atoms with van der Waals surface area (Å²) in [5.41, 5.74) is 3.65. The molecular weight excluding hydrogens is 427 g/mol. The quantitative estimate of drug-likeness (QED) is 0.646. The van der Waals surface area contributed by atoms with Crippen LogP contribution in [0.4, 0.5) is 13.2 Å². The number of carbonyl (C=O) groups is 1. The summed E-state index contributed by atoms with van der Waals surface area (Å²) in [6.07, 6.45) is -2.91. The maximum absolute atomic E-state index is 13.2. The Morgan fingerprint density at radius 1 is 1.16 bits per heavy atom.